The van der Waals surface area contributed by atoms with Gasteiger partial charge < -0.3 is 4.90 Å². The van der Waals surface area contributed by atoms with Crippen molar-refractivity contribution in [3.8, 4) is 0 Å². The Morgan fingerprint density at radius 2 is 1.91 bits per heavy atom. The molecule has 6 heteroatoms. The zero-order valence-corrected chi connectivity index (χ0v) is 14.3. The van der Waals surface area contributed by atoms with Crippen molar-refractivity contribution < 1.29 is 4.39 Å². The lowest BCUT2D eigenvalue weighted by Gasteiger charge is -2.35. The van der Waals surface area contributed by atoms with Gasteiger partial charge in [-0.2, -0.15) is 0 Å². The molecule has 0 bridgehead atoms. The first-order chi connectivity index (χ1) is 10.6. The van der Waals surface area contributed by atoms with Crippen LogP contribution in [0.15, 0.2) is 41.0 Å². The smallest absolute Gasteiger partial charge is 0.137 e. The number of pyridine rings is 1. The number of halogens is 3. The van der Waals surface area contributed by atoms with Crippen LogP contribution in [0.3, 0.4) is 0 Å². The van der Waals surface area contributed by atoms with E-state index < -0.39 is 0 Å². The number of aromatic nitrogens is 1. The van der Waals surface area contributed by atoms with Crippen molar-refractivity contribution in [1.82, 2.24) is 9.88 Å². The molecule has 0 atom stereocenters. The van der Waals surface area contributed by atoms with Crippen molar-refractivity contribution in [3.05, 3.63) is 57.4 Å². The normalized spacial score (nSPS) is 16.0. The van der Waals surface area contributed by atoms with Crippen molar-refractivity contribution in [2.75, 3.05) is 31.1 Å². The maximum absolute atomic E-state index is 13.3. The van der Waals surface area contributed by atoms with Gasteiger partial charge in [-0.25, -0.2) is 9.37 Å². The largest absolute Gasteiger partial charge is 0.354 e. The molecule has 0 amide bonds. The molecule has 3 rings (SSSR count). The van der Waals surface area contributed by atoms with Gasteiger partial charge >= 0.3 is 0 Å². The number of hydrogen-bond donors (Lipinski definition) is 0. The fourth-order valence-corrected chi connectivity index (χ4v) is 3.12. The number of nitrogens with zero attached hydrogens (tertiary/aromatic N) is 3. The van der Waals surface area contributed by atoms with Gasteiger partial charge in [0.25, 0.3) is 0 Å². The summed E-state index contributed by atoms with van der Waals surface area (Å²) >= 11 is 9.10. The molecule has 0 aliphatic carbocycles. The fourth-order valence-electron chi connectivity index (χ4n) is 2.59. The summed E-state index contributed by atoms with van der Waals surface area (Å²) in [5, 5.41) is 0.657. The van der Waals surface area contributed by atoms with Gasteiger partial charge in [-0.05, 0) is 45.8 Å². The second kappa shape index (κ2) is 6.94. The molecule has 0 unspecified atom stereocenters. The molecule has 22 heavy (non-hydrogen) atoms. The first-order valence-corrected chi connectivity index (χ1v) is 8.32. The summed E-state index contributed by atoms with van der Waals surface area (Å²) in [4.78, 5) is 8.98. The summed E-state index contributed by atoms with van der Waals surface area (Å²) in [7, 11) is 0. The summed E-state index contributed by atoms with van der Waals surface area (Å²) in [5.41, 5.74) is 1.12. The minimum absolute atomic E-state index is 0.220. The molecule has 3 nitrogen and oxygen atoms in total. The second-order valence-corrected chi connectivity index (χ2v) is 6.64. The molecule has 116 valence electrons. The van der Waals surface area contributed by atoms with Gasteiger partial charge in [0.2, 0.25) is 0 Å². The molecule has 0 radical (unpaired) electrons. The van der Waals surface area contributed by atoms with Gasteiger partial charge in [0.15, 0.2) is 0 Å². The maximum atomic E-state index is 13.3. The van der Waals surface area contributed by atoms with Crippen molar-refractivity contribution in [1.29, 1.82) is 0 Å². The standard InChI is InChI=1S/C16H16BrClFN3/c17-14-9-12(1-3-15(14)19)11-21-5-7-22(8-6-21)16-4-2-13(18)10-20-16/h1-4,9-10H,5-8,11H2. The highest BCUT2D eigenvalue weighted by molar-refractivity contribution is 9.10. The average Bonchev–Trinajstić information content (AvgIpc) is 2.53. The highest BCUT2D eigenvalue weighted by atomic mass is 79.9. The van der Waals surface area contributed by atoms with E-state index in [0.29, 0.717) is 9.50 Å². The topological polar surface area (TPSA) is 19.4 Å². The SMILES string of the molecule is Fc1ccc(CN2CCN(c3ccc(Cl)cn3)CC2)cc1Br. The third-order valence-corrected chi connectivity index (χ3v) is 4.63. The fraction of sp³-hybridized carbons (Fsp3) is 0.312. The van der Waals surface area contributed by atoms with E-state index in [1.165, 1.54) is 6.07 Å². The molecule has 1 aliphatic heterocycles. The number of benzene rings is 1. The van der Waals surface area contributed by atoms with E-state index in [0.717, 1.165) is 44.1 Å². The summed E-state index contributed by atoms with van der Waals surface area (Å²) in [6.45, 7) is 4.60. The second-order valence-electron chi connectivity index (χ2n) is 5.35. The molecule has 1 aromatic carbocycles. The molecule has 0 saturated carbocycles. The zero-order valence-electron chi connectivity index (χ0n) is 12.0. The van der Waals surface area contributed by atoms with E-state index in [2.05, 4.69) is 30.7 Å². The van der Waals surface area contributed by atoms with Crippen LogP contribution < -0.4 is 4.90 Å². The maximum Gasteiger partial charge on any atom is 0.137 e. The van der Waals surface area contributed by atoms with E-state index in [1.807, 2.05) is 24.3 Å². The Balaban J connectivity index is 1.57. The molecule has 0 N–H and O–H groups in total. The van der Waals surface area contributed by atoms with Crippen molar-refractivity contribution in [2.45, 2.75) is 6.54 Å². The van der Waals surface area contributed by atoms with E-state index in [4.69, 9.17) is 11.6 Å². The molecule has 1 saturated heterocycles. The molecule has 1 aliphatic rings. The van der Waals surface area contributed by atoms with E-state index in [9.17, 15) is 4.39 Å². The van der Waals surface area contributed by atoms with Crippen LogP contribution in [-0.2, 0) is 6.54 Å². The van der Waals surface area contributed by atoms with Crippen LogP contribution in [0.4, 0.5) is 10.2 Å². The molecule has 0 spiro atoms. The Morgan fingerprint density at radius 1 is 1.14 bits per heavy atom. The van der Waals surface area contributed by atoms with Gasteiger partial charge in [-0.1, -0.05) is 17.7 Å². The zero-order chi connectivity index (χ0) is 15.5. The summed E-state index contributed by atoms with van der Waals surface area (Å²) in [6, 6.07) is 9.02. The number of anilines is 1. The lowest BCUT2D eigenvalue weighted by molar-refractivity contribution is 0.249. The third-order valence-electron chi connectivity index (χ3n) is 3.80. The minimum atomic E-state index is -0.220. The van der Waals surface area contributed by atoms with Crippen LogP contribution in [-0.4, -0.2) is 36.1 Å². The molecule has 1 aromatic heterocycles. The third kappa shape index (κ3) is 3.77. The van der Waals surface area contributed by atoms with Crippen molar-refractivity contribution in [2.24, 2.45) is 0 Å². The van der Waals surface area contributed by atoms with Crippen LogP contribution >= 0.6 is 27.5 Å². The van der Waals surface area contributed by atoms with E-state index >= 15 is 0 Å². The van der Waals surface area contributed by atoms with Crippen LogP contribution in [0.5, 0.6) is 0 Å². The van der Waals surface area contributed by atoms with Crippen LogP contribution in [0.25, 0.3) is 0 Å². The van der Waals surface area contributed by atoms with E-state index in [-0.39, 0.29) is 5.82 Å². The average molecular weight is 385 g/mol. The van der Waals surface area contributed by atoms with Gasteiger partial charge in [-0.3, -0.25) is 4.90 Å². The lowest BCUT2D eigenvalue weighted by atomic mass is 10.2. The Kier molecular flexibility index (Phi) is 4.96. The summed E-state index contributed by atoms with van der Waals surface area (Å²) in [5.74, 6) is 0.746. The first-order valence-electron chi connectivity index (χ1n) is 7.14. The quantitative estimate of drug-likeness (QED) is 0.798. The number of piperazine rings is 1. The molecule has 2 heterocycles. The Bertz CT molecular complexity index is 642. The highest BCUT2D eigenvalue weighted by Crippen LogP contribution is 2.20. The van der Waals surface area contributed by atoms with Crippen LogP contribution in [0.1, 0.15) is 5.56 Å². The van der Waals surface area contributed by atoms with Gasteiger partial charge in [0.05, 0.1) is 9.50 Å². The van der Waals surface area contributed by atoms with E-state index in [1.54, 1.807) is 6.20 Å². The van der Waals surface area contributed by atoms with Crippen molar-refractivity contribution in [3.63, 3.8) is 0 Å². The Morgan fingerprint density at radius 3 is 2.55 bits per heavy atom. The monoisotopic (exact) mass is 383 g/mol. The number of rotatable bonds is 3. The summed E-state index contributed by atoms with van der Waals surface area (Å²) in [6.07, 6.45) is 1.68. The first kappa shape index (κ1) is 15.7. The molecular formula is C16H16BrClFN3. The Hall–Kier alpha value is -1.17. The van der Waals surface area contributed by atoms with Crippen LogP contribution in [0, 0.1) is 5.82 Å². The highest BCUT2D eigenvalue weighted by Gasteiger charge is 2.18. The van der Waals surface area contributed by atoms with Crippen molar-refractivity contribution >= 4 is 33.3 Å². The summed E-state index contributed by atoms with van der Waals surface area (Å²) < 4.78 is 13.8. The van der Waals surface area contributed by atoms with Gasteiger partial charge in [0.1, 0.15) is 11.6 Å². The molecule has 1 fully saturated rings. The van der Waals surface area contributed by atoms with Crippen LogP contribution in [0.2, 0.25) is 5.02 Å². The van der Waals surface area contributed by atoms with Gasteiger partial charge in [-0.15, -0.1) is 0 Å². The lowest BCUT2D eigenvalue weighted by Crippen LogP contribution is -2.46. The predicted molar refractivity (Wildman–Crippen MR) is 90.8 cm³/mol. The van der Waals surface area contributed by atoms with Gasteiger partial charge in [0, 0.05) is 38.9 Å². The predicted octanol–water partition coefficient (Wildman–Crippen LogP) is 3.96. The number of hydrogen-bond acceptors (Lipinski definition) is 3. The Labute approximate surface area is 142 Å². The molecule has 2 aromatic rings. The molecular weight excluding hydrogens is 369 g/mol. The minimum Gasteiger partial charge on any atom is -0.354 e.